The highest BCUT2D eigenvalue weighted by Crippen LogP contribution is 2.05. The molecule has 0 fully saturated rings. The number of imidazole rings is 1. The first-order valence-electron chi connectivity index (χ1n) is 4.89. The lowest BCUT2D eigenvalue weighted by Gasteiger charge is -1.93. The van der Waals surface area contributed by atoms with E-state index in [0.717, 1.165) is 11.3 Å². The van der Waals surface area contributed by atoms with E-state index in [1.165, 1.54) is 0 Å². The molecular weight excluding hydrogens is 204 g/mol. The Kier molecular flexibility index (Phi) is 1.86. The fourth-order valence-electron chi connectivity index (χ4n) is 1.61. The molecule has 0 amide bonds. The summed E-state index contributed by atoms with van der Waals surface area (Å²) in [7, 11) is 0. The lowest BCUT2D eigenvalue weighted by Crippen LogP contribution is -2.01. The van der Waals surface area contributed by atoms with Crippen LogP contribution in [0.25, 0.3) is 5.65 Å². The molecule has 0 bridgehead atoms. The van der Waals surface area contributed by atoms with Gasteiger partial charge < -0.3 is 10.1 Å². The van der Waals surface area contributed by atoms with Crippen LogP contribution in [0, 0.1) is 0 Å². The van der Waals surface area contributed by atoms with E-state index in [2.05, 4.69) is 15.1 Å². The van der Waals surface area contributed by atoms with Gasteiger partial charge in [-0.2, -0.15) is 0 Å². The summed E-state index contributed by atoms with van der Waals surface area (Å²) in [6.07, 6.45) is 5.52. The normalized spacial score (nSPS) is 11.0. The van der Waals surface area contributed by atoms with Crippen LogP contribution in [0.5, 0.6) is 0 Å². The van der Waals surface area contributed by atoms with Gasteiger partial charge in [0.25, 0.3) is 0 Å². The van der Waals surface area contributed by atoms with Gasteiger partial charge in [-0.15, -0.1) is 5.10 Å². The molecule has 6 nitrogen and oxygen atoms in total. The highest BCUT2D eigenvalue weighted by Gasteiger charge is 2.02. The third-order valence-electron chi connectivity index (χ3n) is 2.29. The predicted octanol–water partition coefficient (Wildman–Crippen LogP) is 0.556. The van der Waals surface area contributed by atoms with Crippen molar-refractivity contribution in [2.24, 2.45) is 0 Å². The first kappa shape index (κ1) is 8.90. The van der Waals surface area contributed by atoms with Gasteiger partial charge in [0.05, 0.1) is 12.2 Å². The summed E-state index contributed by atoms with van der Waals surface area (Å²) >= 11 is 0. The Labute approximate surface area is 91.4 Å². The third kappa shape index (κ3) is 1.50. The van der Waals surface area contributed by atoms with Gasteiger partial charge in [0, 0.05) is 12.4 Å². The molecule has 0 saturated heterocycles. The Morgan fingerprint density at radius 1 is 1.31 bits per heavy atom. The van der Waals surface area contributed by atoms with Crippen molar-refractivity contribution in [2.75, 3.05) is 5.73 Å². The number of fused-ring (bicyclic) bond motifs is 1. The largest absolute Gasteiger partial charge is 0.367 e. The molecule has 0 radical (unpaired) electrons. The van der Waals surface area contributed by atoms with E-state index in [4.69, 9.17) is 5.73 Å². The first-order chi connectivity index (χ1) is 7.81. The maximum Gasteiger partial charge on any atom is 0.239 e. The summed E-state index contributed by atoms with van der Waals surface area (Å²) in [5.41, 5.74) is 7.29. The second-order valence-corrected chi connectivity index (χ2v) is 3.50. The molecule has 0 spiro atoms. The summed E-state index contributed by atoms with van der Waals surface area (Å²) in [5.74, 6) is 0.281. The minimum atomic E-state index is 0.281. The van der Waals surface area contributed by atoms with Crippen molar-refractivity contribution in [3.63, 3.8) is 0 Å². The molecule has 0 saturated carbocycles. The quantitative estimate of drug-likeness (QED) is 0.676. The Balaban J connectivity index is 1.95. The first-order valence-corrected chi connectivity index (χ1v) is 4.89. The van der Waals surface area contributed by atoms with Crippen molar-refractivity contribution in [3.8, 4) is 0 Å². The van der Waals surface area contributed by atoms with Gasteiger partial charge in [0.2, 0.25) is 5.95 Å². The molecule has 80 valence electrons. The summed E-state index contributed by atoms with van der Waals surface area (Å²) < 4.78 is 3.63. The van der Waals surface area contributed by atoms with E-state index in [1.807, 2.05) is 35.0 Å². The SMILES string of the molecule is Nc1ncn(Cc2cn3ccccc3n2)n1. The number of nitrogen functional groups attached to an aromatic ring is 1. The molecule has 3 rings (SSSR count). The molecule has 0 unspecified atom stereocenters. The standard InChI is InChI=1S/C10H10N6/c11-10-12-7-16(14-10)6-8-5-15-4-2-1-3-9(15)13-8/h1-5,7H,6H2,(H2,11,14). The van der Waals surface area contributed by atoms with Gasteiger partial charge in [-0.05, 0) is 12.1 Å². The maximum atomic E-state index is 5.44. The van der Waals surface area contributed by atoms with Crippen LogP contribution in [0.15, 0.2) is 36.9 Å². The summed E-state index contributed by atoms with van der Waals surface area (Å²) in [4.78, 5) is 8.31. The second kappa shape index (κ2) is 3.34. The molecule has 6 heteroatoms. The number of pyridine rings is 1. The van der Waals surface area contributed by atoms with E-state index < -0.39 is 0 Å². The number of rotatable bonds is 2. The molecule has 3 aromatic rings. The molecule has 0 aromatic carbocycles. The Bertz CT molecular complexity index is 590. The van der Waals surface area contributed by atoms with Gasteiger partial charge in [0.15, 0.2) is 0 Å². The van der Waals surface area contributed by atoms with Crippen LogP contribution < -0.4 is 5.73 Å². The summed E-state index contributed by atoms with van der Waals surface area (Å²) in [5, 5.41) is 4.01. The average Bonchev–Trinajstić information content (AvgIpc) is 2.84. The van der Waals surface area contributed by atoms with Crippen molar-refractivity contribution in [2.45, 2.75) is 6.54 Å². The van der Waals surface area contributed by atoms with Crippen LogP contribution in [-0.4, -0.2) is 24.1 Å². The van der Waals surface area contributed by atoms with E-state index >= 15 is 0 Å². The van der Waals surface area contributed by atoms with Crippen LogP contribution in [0.2, 0.25) is 0 Å². The highest BCUT2D eigenvalue weighted by molar-refractivity contribution is 5.39. The van der Waals surface area contributed by atoms with Crippen LogP contribution in [0.3, 0.4) is 0 Å². The van der Waals surface area contributed by atoms with Crippen molar-refractivity contribution < 1.29 is 0 Å². The monoisotopic (exact) mass is 214 g/mol. The molecule has 0 aliphatic heterocycles. The average molecular weight is 214 g/mol. The van der Waals surface area contributed by atoms with E-state index in [1.54, 1.807) is 11.0 Å². The Morgan fingerprint density at radius 2 is 2.25 bits per heavy atom. The highest BCUT2D eigenvalue weighted by atomic mass is 15.4. The van der Waals surface area contributed by atoms with Gasteiger partial charge in [-0.3, -0.25) is 0 Å². The topological polar surface area (TPSA) is 74.0 Å². The van der Waals surface area contributed by atoms with Crippen LogP contribution >= 0.6 is 0 Å². The number of hydrogen-bond acceptors (Lipinski definition) is 4. The molecule has 0 aliphatic rings. The number of nitrogens with two attached hydrogens (primary N) is 1. The fourth-order valence-corrected chi connectivity index (χ4v) is 1.61. The molecule has 0 aliphatic carbocycles. The predicted molar refractivity (Wildman–Crippen MR) is 58.7 cm³/mol. The van der Waals surface area contributed by atoms with E-state index in [0.29, 0.717) is 6.54 Å². The van der Waals surface area contributed by atoms with E-state index in [-0.39, 0.29) is 5.95 Å². The number of anilines is 1. The minimum Gasteiger partial charge on any atom is -0.367 e. The van der Waals surface area contributed by atoms with Crippen molar-refractivity contribution >= 4 is 11.6 Å². The van der Waals surface area contributed by atoms with Gasteiger partial charge in [-0.25, -0.2) is 14.6 Å². The molecule has 16 heavy (non-hydrogen) atoms. The maximum absolute atomic E-state index is 5.44. The van der Waals surface area contributed by atoms with Crippen molar-refractivity contribution in [1.29, 1.82) is 0 Å². The molecule has 0 atom stereocenters. The zero-order chi connectivity index (χ0) is 11.0. The number of aromatic nitrogens is 5. The molecular formula is C10H10N6. The lowest BCUT2D eigenvalue weighted by molar-refractivity contribution is 0.676. The lowest BCUT2D eigenvalue weighted by atomic mass is 10.5. The van der Waals surface area contributed by atoms with E-state index in [9.17, 15) is 0 Å². The number of hydrogen-bond donors (Lipinski definition) is 1. The van der Waals surface area contributed by atoms with Gasteiger partial charge in [-0.1, -0.05) is 6.07 Å². The summed E-state index contributed by atoms with van der Waals surface area (Å²) in [6.45, 7) is 0.575. The Morgan fingerprint density at radius 3 is 3.00 bits per heavy atom. The smallest absolute Gasteiger partial charge is 0.239 e. The van der Waals surface area contributed by atoms with Crippen LogP contribution in [0.1, 0.15) is 5.69 Å². The van der Waals surface area contributed by atoms with Gasteiger partial charge in [0.1, 0.15) is 12.0 Å². The molecule has 3 aromatic heterocycles. The van der Waals surface area contributed by atoms with Crippen molar-refractivity contribution in [1.82, 2.24) is 24.1 Å². The number of nitrogens with zero attached hydrogens (tertiary/aromatic N) is 5. The minimum absolute atomic E-state index is 0.281. The summed E-state index contributed by atoms with van der Waals surface area (Å²) in [6, 6.07) is 5.88. The third-order valence-corrected chi connectivity index (χ3v) is 2.29. The van der Waals surface area contributed by atoms with Crippen LogP contribution in [-0.2, 0) is 6.54 Å². The zero-order valence-electron chi connectivity index (χ0n) is 8.48. The fraction of sp³-hybridized carbons (Fsp3) is 0.100. The zero-order valence-corrected chi connectivity index (χ0v) is 8.48. The second-order valence-electron chi connectivity index (χ2n) is 3.50. The molecule has 3 heterocycles. The Hall–Kier alpha value is -2.37. The van der Waals surface area contributed by atoms with Gasteiger partial charge >= 0.3 is 0 Å². The van der Waals surface area contributed by atoms with Crippen molar-refractivity contribution in [3.05, 3.63) is 42.6 Å². The molecule has 2 N–H and O–H groups in total. The van der Waals surface area contributed by atoms with Crippen LogP contribution in [0.4, 0.5) is 5.95 Å².